The normalized spacial score (nSPS) is 12.4. The Hall–Kier alpha value is -13.8. The maximum absolute atomic E-state index is 2.56. The fourth-order valence-electron chi connectivity index (χ4n) is 18.9. The lowest BCUT2D eigenvalue weighted by Gasteiger charge is -2.18. The first-order valence-corrected chi connectivity index (χ1v) is 36.1. The zero-order valence-electron chi connectivity index (χ0n) is 56.3. The van der Waals surface area contributed by atoms with E-state index in [2.05, 4.69) is 370 Å². The van der Waals surface area contributed by atoms with Crippen molar-refractivity contribution in [2.45, 2.75) is 0 Å². The summed E-state index contributed by atoms with van der Waals surface area (Å²) in [6.45, 7) is 0. The van der Waals surface area contributed by atoms with Crippen LogP contribution in [0.2, 0.25) is 0 Å². The summed E-state index contributed by atoms with van der Waals surface area (Å²) in [4.78, 5) is 0. The molecular weight excluding hydrogens is 1260 g/mol. The molecule has 4 heterocycles. The van der Waals surface area contributed by atoms with E-state index in [1.165, 1.54) is 192 Å². The van der Waals surface area contributed by atoms with E-state index in [1.807, 2.05) is 0 Å². The summed E-state index contributed by atoms with van der Waals surface area (Å²) < 4.78 is 9.96. The van der Waals surface area contributed by atoms with Crippen molar-refractivity contribution in [1.82, 2.24) is 18.3 Å². The van der Waals surface area contributed by atoms with Gasteiger partial charge in [-0.25, -0.2) is 0 Å². The van der Waals surface area contributed by atoms with Crippen LogP contribution in [0.3, 0.4) is 0 Å². The zero-order chi connectivity index (χ0) is 67.6. The molecule has 24 rings (SSSR count). The van der Waals surface area contributed by atoms with Gasteiger partial charge < -0.3 is 18.3 Å². The highest BCUT2D eigenvalue weighted by atomic mass is 15.0. The number of benzene rings is 18. The molecule has 4 nitrogen and oxygen atoms in total. The standard InChI is InChI=1S/C100H58N4/c1-3-20-66(21-4-1)101-89-35-15-13-27-73(89)84-51-59(39-47-91(84)101)61-41-49-93-87(54-61)76-45-38-64(57-96(76)103(93)68-43-46-72-78-32-17-31-77-69-24-8-7-19-65(69)55-88(97(77)78)83(72)58-68)63-37-44-75-86-53-60(40-48-92(86)102(95(75)56-63)67-22-5-2-6-23-67)62-42-50-94-85(52-62)74-28-14-16-36-90(74)104(94)100-82-30-12-10-26-71(82)80-34-18-33-79-70-25-9-11-29-81(70)99(100)98(79)80/h1-58H. The predicted octanol–water partition coefficient (Wildman–Crippen LogP) is 27.0. The van der Waals surface area contributed by atoms with Crippen molar-refractivity contribution in [2.24, 2.45) is 0 Å². The van der Waals surface area contributed by atoms with Gasteiger partial charge in [0.15, 0.2) is 0 Å². The first kappa shape index (κ1) is 56.0. The van der Waals surface area contributed by atoms with E-state index in [9.17, 15) is 0 Å². The molecule has 0 N–H and O–H groups in total. The average molecular weight is 1320 g/mol. The molecule has 478 valence electrons. The first-order chi connectivity index (χ1) is 51.6. The van der Waals surface area contributed by atoms with Crippen molar-refractivity contribution in [2.75, 3.05) is 0 Å². The minimum Gasteiger partial charge on any atom is -0.309 e. The number of rotatable bonds is 7. The van der Waals surface area contributed by atoms with Gasteiger partial charge in [0.2, 0.25) is 0 Å². The van der Waals surface area contributed by atoms with Crippen LogP contribution < -0.4 is 0 Å². The van der Waals surface area contributed by atoms with Crippen LogP contribution in [-0.4, -0.2) is 18.3 Å². The average Bonchev–Trinajstić information content (AvgIpc) is 1.52. The van der Waals surface area contributed by atoms with Gasteiger partial charge in [-0.15, -0.1) is 0 Å². The number of fused-ring (bicyclic) bond motifs is 22. The minimum atomic E-state index is 1.13. The van der Waals surface area contributed by atoms with Gasteiger partial charge >= 0.3 is 0 Å². The summed E-state index contributed by atoms with van der Waals surface area (Å²) in [7, 11) is 0. The van der Waals surface area contributed by atoms with Crippen LogP contribution >= 0.6 is 0 Å². The van der Waals surface area contributed by atoms with E-state index in [0.29, 0.717) is 0 Å². The molecule has 18 aromatic carbocycles. The van der Waals surface area contributed by atoms with Gasteiger partial charge in [-0.2, -0.15) is 0 Å². The maximum Gasteiger partial charge on any atom is 0.0625 e. The second kappa shape index (κ2) is 20.9. The molecule has 104 heavy (non-hydrogen) atoms. The SMILES string of the molecule is c1ccc(-n2c3ccccc3c3cc(-c4ccc5c(c4)c4ccc(-c6ccc7c8cc(-c9ccc%10c(c9)c9ccccc9n%10-c9c%10c%11c(cccc%11c%11ccccc9%11)-c9ccccc9-%10)ccc8n(-c8ccccc8)c7c6)cc4n5-c4ccc5c(c4)-c4cc6ccccc6c6cccc-5c46)ccc32)cc1. The lowest BCUT2D eigenvalue weighted by Crippen LogP contribution is -1.99. The van der Waals surface area contributed by atoms with Crippen LogP contribution in [0.1, 0.15) is 0 Å². The van der Waals surface area contributed by atoms with E-state index in [4.69, 9.17) is 0 Å². The van der Waals surface area contributed by atoms with Gasteiger partial charge in [-0.1, -0.05) is 237 Å². The van der Waals surface area contributed by atoms with Gasteiger partial charge in [-0.3, -0.25) is 0 Å². The molecule has 0 radical (unpaired) electrons. The van der Waals surface area contributed by atoms with Gasteiger partial charge in [-0.05, 0) is 220 Å². The van der Waals surface area contributed by atoms with E-state index in [0.717, 1.165) is 39.2 Å². The van der Waals surface area contributed by atoms with Crippen LogP contribution in [0.5, 0.6) is 0 Å². The Morgan fingerprint density at radius 2 is 0.538 bits per heavy atom. The molecule has 0 unspecified atom stereocenters. The third kappa shape index (κ3) is 7.64. The third-order valence-electron chi connectivity index (χ3n) is 23.4. The Bertz CT molecular complexity index is 7580. The summed E-state index contributed by atoms with van der Waals surface area (Å²) in [5.41, 5.74) is 31.5. The van der Waals surface area contributed by atoms with Crippen molar-refractivity contribution >= 4 is 130 Å². The van der Waals surface area contributed by atoms with E-state index in [1.54, 1.807) is 0 Å². The molecule has 0 saturated heterocycles. The number of para-hydroxylation sites is 4. The Morgan fingerprint density at radius 3 is 1.12 bits per heavy atom. The van der Waals surface area contributed by atoms with E-state index in [-0.39, 0.29) is 0 Å². The first-order valence-electron chi connectivity index (χ1n) is 36.1. The number of nitrogens with zero attached hydrogens (tertiary/aromatic N) is 4. The molecule has 0 saturated carbocycles. The molecule has 2 aliphatic rings. The van der Waals surface area contributed by atoms with Crippen LogP contribution in [0.25, 0.3) is 231 Å². The van der Waals surface area contributed by atoms with E-state index < -0.39 is 0 Å². The summed E-state index contributed by atoms with van der Waals surface area (Å²) in [6, 6.07) is 132. The van der Waals surface area contributed by atoms with Crippen molar-refractivity contribution in [3.8, 4) is 101 Å². The van der Waals surface area contributed by atoms with Crippen LogP contribution in [0.4, 0.5) is 0 Å². The molecule has 0 amide bonds. The highest BCUT2D eigenvalue weighted by molar-refractivity contribution is 6.29. The zero-order valence-corrected chi connectivity index (χ0v) is 56.3. The Morgan fingerprint density at radius 1 is 0.154 bits per heavy atom. The lowest BCUT2D eigenvalue weighted by atomic mass is 9.94. The van der Waals surface area contributed by atoms with Gasteiger partial charge in [0.1, 0.15) is 0 Å². The monoisotopic (exact) mass is 1310 g/mol. The fraction of sp³-hybridized carbons (Fsp3) is 0. The molecule has 0 bridgehead atoms. The Kier molecular flexibility index (Phi) is 11.3. The molecule has 0 aliphatic heterocycles. The largest absolute Gasteiger partial charge is 0.309 e. The van der Waals surface area contributed by atoms with Crippen molar-refractivity contribution in [1.29, 1.82) is 0 Å². The topological polar surface area (TPSA) is 19.7 Å². The van der Waals surface area contributed by atoms with Gasteiger partial charge in [0, 0.05) is 76.5 Å². The highest BCUT2D eigenvalue weighted by Gasteiger charge is 2.30. The second-order valence-electron chi connectivity index (χ2n) is 28.6. The van der Waals surface area contributed by atoms with Gasteiger partial charge in [0.25, 0.3) is 0 Å². The summed E-state index contributed by atoms with van der Waals surface area (Å²) in [6.07, 6.45) is 0. The maximum atomic E-state index is 2.56. The second-order valence-corrected chi connectivity index (χ2v) is 28.6. The number of hydrogen-bond acceptors (Lipinski definition) is 0. The quantitative estimate of drug-likeness (QED) is 0.142. The molecule has 0 fully saturated rings. The number of hydrogen-bond donors (Lipinski definition) is 0. The van der Waals surface area contributed by atoms with Crippen LogP contribution in [0, 0.1) is 0 Å². The summed E-state index contributed by atoms with van der Waals surface area (Å²) >= 11 is 0. The Labute approximate surface area is 597 Å². The molecule has 2 aliphatic carbocycles. The molecule has 22 aromatic rings. The fourth-order valence-corrected chi connectivity index (χ4v) is 18.9. The number of aromatic nitrogens is 4. The predicted molar refractivity (Wildman–Crippen MR) is 439 cm³/mol. The smallest absolute Gasteiger partial charge is 0.0625 e. The molecule has 0 spiro atoms. The van der Waals surface area contributed by atoms with Gasteiger partial charge in [0.05, 0.1) is 49.8 Å². The molecule has 0 atom stereocenters. The van der Waals surface area contributed by atoms with Crippen molar-refractivity contribution < 1.29 is 0 Å². The summed E-state index contributed by atoms with van der Waals surface area (Å²) in [5, 5.41) is 20.1. The van der Waals surface area contributed by atoms with Crippen LogP contribution in [0.15, 0.2) is 352 Å². The molecule has 4 aromatic heterocycles. The van der Waals surface area contributed by atoms with Crippen LogP contribution in [-0.2, 0) is 0 Å². The molecule has 4 heteroatoms. The Balaban J connectivity index is 0.673. The van der Waals surface area contributed by atoms with Crippen molar-refractivity contribution in [3.05, 3.63) is 352 Å². The lowest BCUT2D eigenvalue weighted by molar-refractivity contribution is 1.18. The third-order valence-corrected chi connectivity index (χ3v) is 23.4. The van der Waals surface area contributed by atoms with E-state index >= 15 is 0 Å². The minimum absolute atomic E-state index is 1.13. The highest BCUT2D eigenvalue weighted by Crippen LogP contribution is 2.55. The summed E-state index contributed by atoms with van der Waals surface area (Å²) in [5.74, 6) is 0. The molecular formula is C100H58N4. The van der Waals surface area contributed by atoms with Crippen molar-refractivity contribution in [3.63, 3.8) is 0 Å².